The van der Waals surface area contributed by atoms with E-state index in [9.17, 15) is 8.42 Å². The van der Waals surface area contributed by atoms with Crippen LogP contribution >= 0.6 is 0 Å². The third kappa shape index (κ3) is 2.47. The second kappa shape index (κ2) is 5.35. The third-order valence-corrected chi connectivity index (χ3v) is 5.19. The molecule has 0 saturated carbocycles. The lowest BCUT2D eigenvalue weighted by Gasteiger charge is -2.26. The number of rotatable bonds is 3. The maximum atomic E-state index is 12.4. The fourth-order valence-electron chi connectivity index (χ4n) is 2.16. The van der Waals surface area contributed by atoms with Gasteiger partial charge in [-0.1, -0.05) is 12.1 Å². The maximum Gasteiger partial charge on any atom is 0.243 e. The van der Waals surface area contributed by atoms with Gasteiger partial charge < -0.3 is 4.74 Å². The minimum absolute atomic E-state index is 0.308. The first-order valence-corrected chi connectivity index (χ1v) is 7.80. The molecule has 1 aliphatic heterocycles. The number of sulfonamides is 1. The predicted molar refractivity (Wildman–Crippen MR) is 73.6 cm³/mol. The highest BCUT2D eigenvalue weighted by atomic mass is 32.2. The van der Waals surface area contributed by atoms with Crippen molar-refractivity contribution in [2.75, 3.05) is 26.3 Å². The number of ether oxygens (including phenoxy) is 1. The molecular weight excluding hydrogens is 278 g/mol. The molecule has 0 aliphatic carbocycles. The molecule has 3 rings (SSSR count). The van der Waals surface area contributed by atoms with Gasteiger partial charge in [-0.3, -0.25) is 5.10 Å². The molecule has 0 bridgehead atoms. The van der Waals surface area contributed by atoms with E-state index in [4.69, 9.17) is 4.74 Å². The van der Waals surface area contributed by atoms with E-state index in [1.54, 1.807) is 30.5 Å². The molecule has 6 nitrogen and oxygen atoms in total. The molecule has 0 spiro atoms. The van der Waals surface area contributed by atoms with Gasteiger partial charge >= 0.3 is 0 Å². The number of aromatic amines is 1. The lowest BCUT2D eigenvalue weighted by atomic mass is 10.2. The summed E-state index contributed by atoms with van der Waals surface area (Å²) in [6.07, 6.45) is 1.66. The predicted octanol–water partition coefficient (Wildman–Crippen LogP) is 1.10. The van der Waals surface area contributed by atoms with E-state index >= 15 is 0 Å². The number of hydrogen-bond donors (Lipinski definition) is 1. The van der Waals surface area contributed by atoms with Crippen LogP contribution in [0, 0.1) is 0 Å². The van der Waals surface area contributed by atoms with Crippen LogP contribution in [-0.2, 0) is 14.8 Å². The van der Waals surface area contributed by atoms with E-state index in [2.05, 4.69) is 10.2 Å². The molecule has 20 heavy (non-hydrogen) atoms. The highest BCUT2D eigenvalue weighted by Crippen LogP contribution is 2.21. The minimum Gasteiger partial charge on any atom is -0.379 e. The summed E-state index contributed by atoms with van der Waals surface area (Å²) in [4.78, 5) is 0.308. The van der Waals surface area contributed by atoms with E-state index in [0.29, 0.717) is 31.2 Å². The summed E-state index contributed by atoms with van der Waals surface area (Å²) in [6.45, 7) is 1.71. The van der Waals surface area contributed by atoms with Crippen LogP contribution in [0.4, 0.5) is 0 Å². The number of hydrogen-bond acceptors (Lipinski definition) is 4. The first-order valence-electron chi connectivity index (χ1n) is 6.36. The van der Waals surface area contributed by atoms with Crippen molar-refractivity contribution >= 4 is 10.0 Å². The molecule has 7 heteroatoms. The second-order valence-corrected chi connectivity index (χ2v) is 6.45. The fourth-order valence-corrected chi connectivity index (χ4v) is 3.57. The highest BCUT2D eigenvalue weighted by molar-refractivity contribution is 7.89. The van der Waals surface area contributed by atoms with Gasteiger partial charge in [0, 0.05) is 19.3 Å². The molecule has 0 unspecified atom stereocenters. The molecule has 0 atom stereocenters. The van der Waals surface area contributed by atoms with Gasteiger partial charge in [0.05, 0.1) is 23.8 Å². The average molecular weight is 293 g/mol. The van der Waals surface area contributed by atoms with Crippen molar-refractivity contribution in [3.8, 4) is 11.3 Å². The maximum absolute atomic E-state index is 12.4. The van der Waals surface area contributed by atoms with Gasteiger partial charge in [0.25, 0.3) is 0 Å². The molecule has 1 saturated heterocycles. The summed E-state index contributed by atoms with van der Waals surface area (Å²) >= 11 is 0. The summed E-state index contributed by atoms with van der Waals surface area (Å²) in [5, 5.41) is 6.73. The molecule has 106 valence electrons. The summed E-state index contributed by atoms with van der Waals surface area (Å²) < 4.78 is 31.5. The van der Waals surface area contributed by atoms with Crippen molar-refractivity contribution in [1.82, 2.24) is 14.5 Å². The molecule has 1 N–H and O–H groups in total. The Kier molecular flexibility index (Phi) is 3.56. The SMILES string of the molecule is O=S(=O)(c1ccc(-c2ccn[nH]2)cc1)N1CCOCC1. The van der Waals surface area contributed by atoms with Gasteiger partial charge in [-0.2, -0.15) is 9.40 Å². The van der Waals surface area contributed by atoms with Crippen molar-refractivity contribution in [3.63, 3.8) is 0 Å². The van der Waals surface area contributed by atoms with Gasteiger partial charge in [0.2, 0.25) is 10.0 Å². The van der Waals surface area contributed by atoms with Crippen molar-refractivity contribution in [1.29, 1.82) is 0 Å². The molecule has 1 aliphatic rings. The zero-order valence-electron chi connectivity index (χ0n) is 10.8. The van der Waals surface area contributed by atoms with Crippen LogP contribution in [0.15, 0.2) is 41.4 Å². The van der Waals surface area contributed by atoms with Crippen LogP contribution in [0.5, 0.6) is 0 Å². The first-order chi connectivity index (χ1) is 9.68. The van der Waals surface area contributed by atoms with E-state index in [0.717, 1.165) is 11.3 Å². The zero-order valence-corrected chi connectivity index (χ0v) is 11.6. The highest BCUT2D eigenvalue weighted by Gasteiger charge is 2.26. The Morgan fingerprint density at radius 3 is 2.40 bits per heavy atom. The van der Waals surface area contributed by atoms with E-state index in [1.807, 2.05) is 6.07 Å². The van der Waals surface area contributed by atoms with Crippen molar-refractivity contribution in [2.24, 2.45) is 0 Å². The quantitative estimate of drug-likeness (QED) is 0.919. The molecule has 2 aromatic rings. The number of morpholine rings is 1. The lowest BCUT2D eigenvalue weighted by molar-refractivity contribution is 0.0730. The Bertz CT molecular complexity index is 659. The zero-order chi connectivity index (χ0) is 14.0. The van der Waals surface area contributed by atoms with Crippen molar-refractivity contribution < 1.29 is 13.2 Å². The lowest BCUT2D eigenvalue weighted by Crippen LogP contribution is -2.40. The Hall–Kier alpha value is -1.70. The smallest absolute Gasteiger partial charge is 0.243 e. The molecule has 2 heterocycles. The van der Waals surface area contributed by atoms with E-state index in [-0.39, 0.29) is 0 Å². The van der Waals surface area contributed by atoms with Gasteiger partial charge in [0.15, 0.2) is 0 Å². The third-order valence-electron chi connectivity index (χ3n) is 3.27. The summed E-state index contributed by atoms with van der Waals surface area (Å²) in [5.74, 6) is 0. The number of H-pyrrole nitrogens is 1. The molecule has 1 aromatic carbocycles. The molecule has 1 fully saturated rings. The van der Waals surface area contributed by atoms with Crippen LogP contribution in [0.1, 0.15) is 0 Å². The van der Waals surface area contributed by atoms with Crippen LogP contribution < -0.4 is 0 Å². The molecule has 1 aromatic heterocycles. The molecule has 0 radical (unpaired) electrons. The summed E-state index contributed by atoms with van der Waals surface area (Å²) in [6, 6.07) is 8.65. The van der Waals surface area contributed by atoms with Gasteiger partial charge in [-0.25, -0.2) is 8.42 Å². The van der Waals surface area contributed by atoms with Gasteiger partial charge in [-0.15, -0.1) is 0 Å². The monoisotopic (exact) mass is 293 g/mol. The minimum atomic E-state index is -3.42. The normalized spacial score (nSPS) is 17.2. The summed E-state index contributed by atoms with van der Waals surface area (Å²) in [7, 11) is -3.42. The Labute approximate surface area is 117 Å². The molecular formula is C13H15N3O3S. The summed E-state index contributed by atoms with van der Waals surface area (Å²) in [5.41, 5.74) is 1.77. The van der Waals surface area contributed by atoms with E-state index < -0.39 is 10.0 Å². The van der Waals surface area contributed by atoms with Crippen LogP contribution in [0.2, 0.25) is 0 Å². The van der Waals surface area contributed by atoms with Crippen LogP contribution in [-0.4, -0.2) is 49.2 Å². The Morgan fingerprint density at radius 2 is 1.80 bits per heavy atom. The first kappa shape index (κ1) is 13.3. The second-order valence-electron chi connectivity index (χ2n) is 4.51. The van der Waals surface area contributed by atoms with Gasteiger partial charge in [-0.05, 0) is 23.8 Å². The van der Waals surface area contributed by atoms with Crippen molar-refractivity contribution in [3.05, 3.63) is 36.5 Å². The Balaban J connectivity index is 1.87. The molecule has 0 amide bonds. The average Bonchev–Trinajstić information content (AvgIpc) is 3.02. The van der Waals surface area contributed by atoms with Crippen LogP contribution in [0.25, 0.3) is 11.3 Å². The van der Waals surface area contributed by atoms with Crippen LogP contribution in [0.3, 0.4) is 0 Å². The van der Waals surface area contributed by atoms with Crippen molar-refractivity contribution in [2.45, 2.75) is 4.90 Å². The number of nitrogens with one attached hydrogen (secondary N) is 1. The van der Waals surface area contributed by atoms with E-state index in [1.165, 1.54) is 4.31 Å². The fraction of sp³-hybridized carbons (Fsp3) is 0.308. The standard InChI is InChI=1S/C13H15N3O3S/c17-20(18,16-7-9-19-10-8-16)12-3-1-11(2-4-12)13-5-6-14-15-13/h1-6H,7-10H2,(H,14,15). The van der Waals surface area contributed by atoms with Gasteiger partial charge in [0.1, 0.15) is 0 Å². The number of nitrogens with zero attached hydrogens (tertiary/aromatic N) is 2. The number of benzene rings is 1. The number of aromatic nitrogens is 2. The largest absolute Gasteiger partial charge is 0.379 e. The topological polar surface area (TPSA) is 75.3 Å². The Morgan fingerprint density at radius 1 is 1.10 bits per heavy atom.